The molecule has 70 valence electrons. The van der Waals surface area contributed by atoms with Crippen LogP contribution in [0.3, 0.4) is 0 Å². The van der Waals surface area contributed by atoms with Gasteiger partial charge in [-0.05, 0) is 31.6 Å². The second-order valence-electron chi connectivity index (χ2n) is 3.68. The zero-order valence-electron chi connectivity index (χ0n) is 8.88. The SMILES string of the molecule is CC=CCCC=CC(C)C(C)C. The zero-order chi connectivity index (χ0) is 9.40. The molecule has 0 aliphatic carbocycles. The van der Waals surface area contributed by atoms with Gasteiger partial charge in [0.05, 0.1) is 0 Å². The third-order valence-electron chi connectivity index (χ3n) is 2.23. The van der Waals surface area contributed by atoms with Crippen LogP contribution in [0, 0.1) is 11.8 Å². The number of allylic oxidation sites excluding steroid dienone is 4. The van der Waals surface area contributed by atoms with Gasteiger partial charge in [0.1, 0.15) is 0 Å². The van der Waals surface area contributed by atoms with E-state index < -0.39 is 0 Å². The van der Waals surface area contributed by atoms with Gasteiger partial charge < -0.3 is 0 Å². The largest absolute Gasteiger partial charge is 0.0917 e. The molecule has 0 N–H and O–H groups in total. The molecule has 0 saturated carbocycles. The third-order valence-corrected chi connectivity index (χ3v) is 2.23. The Morgan fingerprint density at radius 1 is 1.00 bits per heavy atom. The van der Waals surface area contributed by atoms with Gasteiger partial charge in [0.15, 0.2) is 0 Å². The van der Waals surface area contributed by atoms with Crippen LogP contribution >= 0.6 is 0 Å². The number of hydrogen-bond acceptors (Lipinski definition) is 0. The smallest absolute Gasteiger partial charge is 0.0239 e. The zero-order valence-corrected chi connectivity index (χ0v) is 8.88. The Balaban J connectivity index is 3.48. The summed E-state index contributed by atoms with van der Waals surface area (Å²) in [5.74, 6) is 1.48. The molecular weight excluding hydrogens is 144 g/mol. The predicted molar refractivity (Wildman–Crippen MR) is 57.2 cm³/mol. The molecule has 12 heavy (non-hydrogen) atoms. The van der Waals surface area contributed by atoms with Crippen LogP contribution < -0.4 is 0 Å². The fourth-order valence-electron chi connectivity index (χ4n) is 0.892. The van der Waals surface area contributed by atoms with Gasteiger partial charge in [0.2, 0.25) is 0 Å². The van der Waals surface area contributed by atoms with Crippen molar-refractivity contribution in [3.63, 3.8) is 0 Å². The minimum Gasteiger partial charge on any atom is -0.0917 e. The first-order valence-electron chi connectivity index (χ1n) is 4.96. The van der Waals surface area contributed by atoms with Crippen LogP contribution in [0.2, 0.25) is 0 Å². The predicted octanol–water partition coefficient (Wildman–Crippen LogP) is 4.19. The molecule has 0 aromatic rings. The average Bonchev–Trinajstić information content (AvgIpc) is 2.03. The topological polar surface area (TPSA) is 0 Å². The molecule has 1 unspecified atom stereocenters. The molecule has 0 saturated heterocycles. The quantitative estimate of drug-likeness (QED) is 0.424. The summed E-state index contributed by atoms with van der Waals surface area (Å²) >= 11 is 0. The van der Waals surface area contributed by atoms with Crippen LogP contribution in [0.15, 0.2) is 24.3 Å². The standard InChI is InChI=1S/C12H22/c1-5-6-7-8-9-10-12(4)11(2)3/h5-6,9-12H,7-8H2,1-4H3. The van der Waals surface area contributed by atoms with E-state index in [1.807, 2.05) is 0 Å². The molecule has 0 aromatic heterocycles. The van der Waals surface area contributed by atoms with Crippen molar-refractivity contribution in [1.82, 2.24) is 0 Å². The van der Waals surface area contributed by atoms with Crippen LogP contribution in [0.5, 0.6) is 0 Å². The fourth-order valence-corrected chi connectivity index (χ4v) is 0.892. The van der Waals surface area contributed by atoms with Crippen molar-refractivity contribution >= 4 is 0 Å². The molecule has 0 heterocycles. The van der Waals surface area contributed by atoms with E-state index >= 15 is 0 Å². The van der Waals surface area contributed by atoms with Crippen molar-refractivity contribution in [3.05, 3.63) is 24.3 Å². The minimum absolute atomic E-state index is 0.718. The summed E-state index contributed by atoms with van der Waals surface area (Å²) in [6.45, 7) is 8.87. The van der Waals surface area contributed by atoms with Gasteiger partial charge in [0, 0.05) is 0 Å². The van der Waals surface area contributed by atoms with E-state index in [9.17, 15) is 0 Å². The van der Waals surface area contributed by atoms with Crippen molar-refractivity contribution in [3.8, 4) is 0 Å². The number of rotatable bonds is 5. The fraction of sp³-hybridized carbons (Fsp3) is 0.667. The summed E-state index contributed by atoms with van der Waals surface area (Å²) in [6, 6.07) is 0. The van der Waals surface area contributed by atoms with Gasteiger partial charge in [-0.1, -0.05) is 45.1 Å². The monoisotopic (exact) mass is 166 g/mol. The van der Waals surface area contributed by atoms with E-state index in [-0.39, 0.29) is 0 Å². The van der Waals surface area contributed by atoms with Crippen LogP contribution in [-0.2, 0) is 0 Å². The molecule has 0 nitrogen and oxygen atoms in total. The van der Waals surface area contributed by atoms with Gasteiger partial charge in [-0.3, -0.25) is 0 Å². The van der Waals surface area contributed by atoms with Crippen molar-refractivity contribution in [2.75, 3.05) is 0 Å². The average molecular weight is 166 g/mol. The molecule has 0 fully saturated rings. The van der Waals surface area contributed by atoms with E-state index in [1.54, 1.807) is 0 Å². The van der Waals surface area contributed by atoms with E-state index in [0.29, 0.717) is 0 Å². The van der Waals surface area contributed by atoms with E-state index in [1.165, 1.54) is 12.8 Å². The van der Waals surface area contributed by atoms with Crippen molar-refractivity contribution in [2.24, 2.45) is 11.8 Å². The van der Waals surface area contributed by atoms with Crippen molar-refractivity contribution in [2.45, 2.75) is 40.5 Å². The van der Waals surface area contributed by atoms with Crippen LogP contribution in [0.1, 0.15) is 40.5 Å². The lowest BCUT2D eigenvalue weighted by Crippen LogP contribution is -1.98. The van der Waals surface area contributed by atoms with Crippen molar-refractivity contribution < 1.29 is 0 Å². The maximum Gasteiger partial charge on any atom is -0.0239 e. The first-order valence-corrected chi connectivity index (χ1v) is 4.96. The minimum atomic E-state index is 0.718. The molecule has 0 aliphatic heterocycles. The first kappa shape index (κ1) is 11.5. The van der Waals surface area contributed by atoms with E-state index in [4.69, 9.17) is 0 Å². The Hall–Kier alpha value is -0.520. The Morgan fingerprint density at radius 2 is 1.58 bits per heavy atom. The normalized spacial score (nSPS) is 15.1. The molecule has 0 aliphatic rings. The number of unbranched alkanes of at least 4 members (excludes halogenated alkanes) is 1. The molecule has 0 rings (SSSR count). The molecular formula is C12H22. The summed E-state index contributed by atoms with van der Waals surface area (Å²) in [5.41, 5.74) is 0. The molecule has 0 spiro atoms. The molecule has 0 radical (unpaired) electrons. The van der Waals surface area contributed by atoms with Gasteiger partial charge in [-0.25, -0.2) is 0 Å². The van der Waals surface area contributed by atoms with Crippen LogP contribution in [0.25, 0.3) is 0 Å². The number of hydrogen-bond donors (Lipinski definition) is 0. The molecule has 0 bridgehead atoms. The van der Waals surface area contributed by atoms with Crippen molar-refractivity contribution in [1.29, 1.82) is 0 Å². The Bertz CT molecular complexity index is 140. The summed E-state index contributed by atoms with van der Waals surface area (Å²) in [4.78, 5) is 0. The highest BCUT2D eigenvalue weighted by Gasteiger charge is 2.00. The second kappa shape index (κ2) is 7.15. The molecule has 0 heteroatoms. The Labute approximate surface area is 77.4 Å². The maximum absolute atomic E-state index is 2.33. The Morgan fingerprint density at radius 3 is 2.08 bits per heavy atom. The highest BCUT2D eigenvalue weighted by Crippen LogP contribution is 2.11. The van der Waals surface area contributed by atoms with Gasteiger partial charge in [0.25, 0.3) is 0 Å². The second-order valence-corrected chi connectivity index (χ2v) is 3.68. The van der Waals surface area contributed by atoms with Gasteiger partial charge >= 0.3 is 0 Å². The third kappa shape index (κ3) is 6.21. The lowest BCUT2D eigenvalue weighted by Gasteiger charge is -2.09. The molecule has 1 atom stereocenters. The maximum atomic E-state index is 2.33. The summed E-state index contributed by atoms with van der Waals surface area (Å²) < 4.78 is 0. The first-order chi connectivity index (χ1) is 5.68. The highest BCUT2D eigenvalue weighted by atomic mass is 14.1. The molecule has 0 aromatic carbocycles. The molecule has 0 amide bonds. The van der Waals surface area contributed by atoms with E-state index in [0.717, 1.165) is 11.8 Å². The highest BCUT2D eigenvalue weighted by molar-refractivity contribution is 4.90. The summed E-state index contributed by atoms with van der Waals surface area (Å²) in [5, 5.41) is 0. The summed E-state index contributed by atoms with van der Waals surface area (Å²) in [6.07, 6.45) is 11.3. The van der Waals surface area contributed by atoms with Gasteiger partial charge in [-0.2, -0.15) is 0 Å². The Kier molecular flexibility index (Phi) is 6.84. The summed E-state index contributed by atoms with van der Waals surface area (Å²) in [7, 11) is 0. The van der Waals surface area contributed by atoms with Crippen LogP contribution in [0.4, 0.5) is 0 Å². The lowest BCUT2D eigenvalue weighted by molar-refractivity contribution is 0.503. The van der Waals surface area contributed by atoms with Crippen LogP contribution in [-0.4, -0.2) is 0 Å². The van der Waals surface area contributed by atoms with Gasteiger partial charge in [-0.15, -0.1) is 0 Å². The van der Waals surface area contributed by atoms with E-state index in [2.05, 4.69) is 52.0 Å². The lowest BCUT2D eigenvalue weighted by atomic mass is 9.97.